The number of carboxylic acids is 1. The first-order chi connectivity index (χ1) is 15.1. The molecular formula is C27H25NO3. The molecule has 0 bridgehead atoms. The van der Waals surface area contributed by atoms with Crippen LogP contribution in [0.3, 0.4) is 0 Å². The van der Waals surface area contributed by atoms with Crippen molar-refractivity contribution < 1.29 is 14.6 Å². The largest absolute Gasteiger partial charge is 0.497 e. The monoisotopic (exact) mass is 411 g/mol. The summed E-state index contributed by atoms with van der Waals surface area (Å²) in [5.74, 6) is -0.220. The van der Waals surface area contributed by atoms with Crippen molar-refractivity contribution in [1.82, 2.24) is 4.98 Å². The summed E-state index contributed by atoms with van der Waals surface area (Å²) in [5.41, 5.74) is 5.83. The molecule has 0 fully saturated rings. The number of aromatic carboxylic acids is 1. The fourth-order valence-corrected chi connectivity index (χ4v) is 3.74. The van der Waals surface area contributed by atoms with Crippen LogP contribution >= 0.6 is 0 Å². The van der Waals surface area contributed by atoms with Crippen molar-refractivity contribution in [1.29, 1.82) is 0 Å². The maximum atomic E-state index is 11.9. The van der Waals surface area contributed by atoms with Gasteiger partial charge in [-0.2, -0.15) is 0 Å². The Kier molecular flexibility index (Phi) is 5.99. The van der Waals surface area contributed by atoms with Crippen LogP contribution in [0.4, 0.5) is 0 Å². The van der Waals surface area contributed by atoms with Crippen LogP contribution in [0.5, 0.6) is 5.75 Å². The molecule has 0 atom stereocenters. The number of pyridine rings is 1. The van der Waals surface area contributed by atoms with Gasteiger partial charge in [0.2, 0.25) is 0 Å². The number of methoxy groups -OCH3 is 1. The zero-order valence-electron chi connectivity index (χ0n) is 17.8. The van der Waals surface area contributed by atoms with E-state index in [1.54, 1.807) is 13.2 Å². The number of hydrogen-bond acceptors (Lipinski definition) is 3. The van der Waals surface area contributed by atoms with Crippen molar-refractivity contribution in [3.05, 3.63) is 83.9 Å². The van der Waals surface area contributed by atoms with Crippen molar-refractivity contribution in [2.75, 3.05) is 7.11 Å². The Morgan fingerprint density at radius 2 is 1.58 bits per heavy atom. The molecule has 0 unspecified atom stereocenters. The van der Waals surface area contributed by atoms with Crippen molar-refractivity contribution >= 4 is 16.9 Å². The topological polar surface area (TPSA) is 59.4 Å². The van der Waals surface area contributed by atoms with Gasteiger partial charge in [-0.25, -0.2) is 9.78 Å². The number of ether oxygens (including phenoxy) is 1. The Balaban J connectivity index is 1.77. The molecule has 1 heterocycles. The minimum absolute atomic E-state index is 0.247. The van der Waals surface area contributed by atoms with Crippen LogP contribution in [0.2, 0.25) is 0 Å². The summed E-state index contributed by atoms with van der Waals surface area (Å²) in [5, 5.41) is 10.4. The molecule has 1 N–H and O–H groups in total. The van der Waals surface area contributed by atoms with Crippen molar-refractivity contribution in [3.8, 4) is 28.1 Å². The van der Waals surface area contributed by atoms with Gasteiger partial charge in [0, 0.05) is 10.9 Å². The molecule has 31 heavy (non-hydrogen) atoms. The third kappa shape index (κ3) is 4.43. The summed E-state index contributed by atoms with van der Waals surface area (Å²) in [4.78, 5) is 16.7. The molecule has 4 heteroatoms. The number of benzene rings is 3. The molecule has 0 saturated heterocycles. The van der Waals surface area contributed by atoms with Gasteiger partial charge in [0.05, 0.1) is 23.9 Å². The van der Waals surface area contributed by atoms with Gasteiger partial charge in [-0.3, -0.25) is 0 Å². The minimum Gasteiger partial charge on any atom is -0.497 e. The quantitative estimate of drug-likeness (QED) is 0.371. The predicted octanol–water partition coefficient (Wildman–Crippen LogP) is 6.62. The highest BCUT2D eigenvalue weighted by molar-refractivity contribution is 6.04. The average Bonchev–Trinajstić information content (AvgIpc) is 2.82. The normalized spacial score (nSPS) is 10.9. The van der Waals surface area contributed by atoms with Gasteiger partial charge in [-0.1, -0.05) is 49.7 Å². The van der Waals surface area contributed by atoms with Crippen LogP contribution in [0.15, 0.2) is 72.8 Å². The van der Waals surface area contributed by atoms with Crippen LogP contribution in [-0.2, 0) is 6.42 Å². The smallest absolute Gasteiger partial charge is 0.336 e. The lowest BCUT2D eigenvalue weighted by Gasteiger charge is -2.10. The van der Waals surface area contributed by atoms with Crippen LogP contribution in [0, 0.1) is 0 Å². The minimum atomic E-state index is -0.963. The fourth-order valence-electron chi connectivity index (χ4n) is 3.74. The molecule has 3 aromatic carbocycles. The van der Waals surface area contributed by atoms with E-state index in [0.717, 1.165) is 28.9 Å². The Bertz CT molecular complexity index is 1210. The molecule has 4 aromatic rings. The molecule has 0 aliphatic carbocycles. The van der Waals surface area contributed by atoms with Gasteiger partial charge in [-0.15, -0.1) is 0 Å². The number of hydrogen-bond donors (Lipinski definition) is 1. The predicted molar refractivity (Wildman–Crippen MR) is 125 cm³/mol. The van der Waals surface area contributed by atoms with E-state index >= 15 is 0 Å². The maximum absolute atomic E-state index is 11.9. The first kappa shape index (κ1) is 20.6. The third-order valence-electron chi connectivity index (χ3n) is 5.53. The van der Waals surface area contributed by atoms with E-state index in [4.69, 9.17) is 9.72 Å². The van der Waals surface area contributed by atoms with Gasteiger partial charge in [0.1, 0.15) is 5.75 Å². The van der Waals surface area contributed by atoms with E-state index in [1.807, 2.05) is 42.5 Å². The Morgan fingerprint density at radius 1 is 0.903 bits per heavy atom. The zero-order valence-corrected chi connectivity index (χ0v) is 17.8. The molecule has 0 aliphatic rings. The standard InChI is InChI=1S/C27H25NO3/c1-3-4-5-18-6-8-19(9-7-18)21-12-15-23-24(27(29)30)17-25(28-26(23)16-21)20-10-13-22(31-2)14-11-20/h6-17H,3-5H2,1-2H3,(H,29,30). The summed E-state index contributed by atoms with van der Waals surface area (Å²) in [7, 11) is 1.61. The van der Waals surface area contributed by atoms with Crippen LogP contribution < -0.4 is 4.74 Å². The van der Waals surface area contributed by atoms with Gasteiger partial charge < -0.3 is 9.84 Å². The third-order valence-corrected chi connectivity index (χ3v) is 5.53. The Hall–Kier alpha value is -3.66. The molecule has 0 spiro atoms. The highest BCUT2D eigenvalue weighted by atomic mass is 16.5. The van der Waals surface area contributed by atoms with Crippen molar-refractivity contribution in [3.63, 3.8) is 0 Å². The number of carbonyl (C=O) groups is 1. The molecule has 0 radical (unpaired) electrons. The van der Waals surface area contributed by atoms with E-state index in [-0.39, 0.29) is 5.56 Å². The lowest BCUT2D eigenvalue weighted by atomic mass is 9.98. The molecule has 0 aliphatic heterocycles. The van der Waals surface area contributed by atoms with E-state index in [1.165, 1.54) is 18.4 Å². The molecular weight excluding hydrogens is 386 g/mol. The van der Waals surface area contributed by atoms with Crippen molar-refractivity contribution in [2.45, 2.75) is 26.2 Å². The molecule has 156 valence electrons. The highest BCUT2D eigenvalue weighted by Gasteiger charge is 2.14. The summed E-state index contributed by atoms with van der Waals surface area (Å²) in [6.45, 7) is 2.20. The van der Waals surface area contributed by atoms with E-state index in [2.05, 4.69) is 31.2 Å². The lowest BCUT2D eigenvalue weighted by Crippen LogP contribution is -2.00. The molecule has 0 saturated carbocycles. The summed E-state index contributed by atoms with van der Waals surface area (Å²) in [6, 6.07) is 23.5. The number of fused-ring (bicyclic) bond motifs is 1. The van der Waals surface area contributed by atoms with Gasteiger partial charge in [0.15, 0.2) is 0 Å². The Labute approximate surface area is 182 Å². The first-order valence-corrected chi connectivity index (χ1v) is 10.5. The van der Waals surface area contributed by atoms with E-state index in [0.29, 0.717) is 16.6 Å². The molecule has 1 aromatic heterocycles. The molecule has 4 nitrogen and oxygen atoms in total. The maximum Gasteiger partial charge on any atom is 0.336 e. The zero-order chi connectivity index (χ0) is 21.8. The Morgan fingerprint density at radius 3 is 2.23 bits per heavy atom. The second-order valence-corrected chi connectivity index (χ2v) is 7.62. The highest BCUT2D eigenvalue weighted by Crippen LogP contribution is 2.30. The molecule has 0 amide bonds. The lowest BCUT2D eigenvalue weighted by molar-refractivity contribution is 0.0699. The number of rotatable bonds is 7. The SMILES string of the molecule is CCCCc1ccc(-c2ccc3c(C(=O)O)cc(-c4ccc(OC)cc4)nc3c2)cc1. The second kappa shape index (κ2) is 9.00. The fraction of sp³-hybridized carbons (Fsp3) is 0.185. The van der Waals surface area contributed by atoms with Crippen LogP contribution in [0.25, 0.3) is 33.3 Å². The van der Waals surface area contributed by atoms with Crippen LogP contribution in [-0.4, -0.2) is 23.2 Å². The van der Waals surface area contributed by atoms with Gasteiger partial charge in [0.25, 0.3) is 0 Å². The van der Waals surface area contributed by atoms with Crippen molar-refractivity contribution in [2.24, 2.45) is 0 Å². The number of nitrogens with zero attached hydrogens (tertiary/aromatic N) is 1. The average molecular weight is 412 g/mol. The second-order valence-electron chi connectivity index (χ2n) is 7.62. The number of carboxylic acid groups (broad SMARTS) is 1. The number of aromatic nitrogens is 1. The van der Waals surface area contributed by atoms with Gasteiger partial charge in [-0.05, 0) is 65.9 Å². The molecule has 4 rings (SSSR count). The van der Waals surface area contributed by atoms with E-state index in [9.17, 15) is 9.90 Å². The van der Waals surface area contributed by atoms with Gasteiger partial charge >= 0.3 is 5.97 Å². The number of aryl methyl sites for hydroxylation is 1. The number of unbranched alkanes of at least 4 members (excludes halogenated alkanes) is 1. The first-order valence-electron chi connectivity index (χ1n) is 10.5. The summed E-state index contributed by atoms with van der Waals surface area (Å²) >= 11 is 0. The van der Waals surface area contributed by atoms with E-state index < -0.39 is 5.97 Å². The summed E-state index contributed by atoms with van der Waals surface area (Å²) < 4.78 is 5.22. The van der Waals surface area contributed by atoms with Crippen LogP contribution in [0.1, 0.15) is 35.7 Å². The summed E-state index contributed by atoms with van der Waals surface area (Å²) in [6.07, 6.45) is 3.45.